The Balaban J connectivity index is 2.48. The fourth-order valence-corrected chi connectivity index (χ4v) is 2.78. The van der Waals surface area contributed by atoms with Crippen molar-refractivity contribution in [3.8, 4) is 5.75 Å². The molecular formula is C11H8Cl4N2O3. The molecular weight excluding hydrogens is 350 g/mol. The summed E-state index contributed by atoms with van der Waals surface area (Å²) < 4.78 is 0. The molecule has 108 valence electrons. The van der Waals surface area contributed by atoms with Gasteiger partial charge in [0.1, 0.15) is 15.9 Å². The summed E-state index contributed by atoms with van der Waals surface area (Å²) >= 11 is 23.3. The van der Waals surface area contributed by atoms with E-state index >= 15 is 0 Å². The van der Waals surface area contributed by atoms with Crippen molar-refractivity contribution in [2.45, 2.75) is 6.42 Å². The highest BCUT2D eigenvalue weighted by atomic mass is 35.5. The van der Waals surface area contributed by atoms with Gasteiger partial charge >= 0.3 is 0 Å². The lowest BCUT2D eigenvalue weighted by Gasteiger charge is -2.13. The van der Waals surface area contributed by atoms with Crippen LogP contribution in [0.2, 0.25) is 20.2 Å². The minimum absolute atomic E-state index is 0.0201. The van der Waals surface area contributed by atoms with Crippen molar-refractivity contribution < 1.29 is 15.5 Å². The average molecular weight is 358 g/mol. The van der Waals surface area contributed by atoms with Crippen LogP contribution in [0.25, 0.3) is 0 Å². The van der Waals surface area contributed by atoms with Crippen LogP contribution in [0, 0.1) is 5.21 Å². The van der Waals surface area contributed by atoms with E-state index in [0.29, 0.717) is 10.6 Å². The Morgan fingerprint density at radius 3 is 2.45 bits per heavy atom. The molecule has 1 aromatic heterocycles. The number of aromatic hydroxyl groups is 1. The second-order valence-electron chi connectivity index (χ2n) is 3.98. The number of hydrogen-bond acceptors (Lipinski definition) is 3. The zero-order valence-corrected chi connectivity index (χ0v) is 12.7. The predicted octanol–water partition coefficient (Wildman–Crippen LogP) is 3.33. The Hall–Kier alpha value is -0.660. The lowest BCUT2D eigenvalue weighted by atomic mass is 10.1. The van der Waals surface area contributed by atoms with Gasteiger partial charge in [-0.2, -0.15) is 5.23 Å². The largest absolute Gasteiger partial charge is 0.595 e. The number of halogens is 4. The minimum atomic E-state index is -1.22. The van der Waals surface area contributed by atoms with Gasteiger partial charge < -0.3 is 15.3 Å². The van der Waals surface area contributed by atoms with E-state index in [0.717, 1.165) is 0 Å². The van der Waals surface area contributed by atoms with Gasteiger partial charge in [0.15, 0.2) is 0 Å². The van der Waals surface area contributed by atoms with Gasteiger partial charge in [-0.05, 0) is 12.1 Å². The van der Waals surface area contributed by atoms with Gasteiger partial charge in [0.25, 0.3) is 0 Å². The van der Waals surface area contributed by atoms with Gasteiger partial charge in [0.05, 0.1) is 10.7 Å². The first-order chi connectivity index (χ1) is 9.31. The van der Waals surface area contributed by atoms with E-state index in [-0.39, 0.29) is 38.8 Å². The summed E-state index contributed by atoms with van der Waals surface area (Å²) in [5, 5.41) is 29.3. The fraction of sp³-hybridized carbons (Fsp3) is 0.0909. The van der Waals surface area contributed by atoms with Crippen LogP contribution < -0.4 is 5.23 Å². The van der Waals surface area contributed by atoms with Gasteiger partial charge in [-0.3, -0.25) is 0 Å². The van der Waals surface area contributed by atoms with Gasteiger partial charge in [-0.25, -0.2) is 5.21 Å². The topological polar surface area (TPSA) is 83.8 Å². The molecule has 20 heavy (non-hydrogen) atoms. The normalized spacial score (nSPS) is 12.7. The molecule has 4 N–H and O–H groups in total. The highest BCUT2D eigenvalue weighted by Gasteiger charge is 2.22. The summed E-state index contributed by atoms with van der Waals surface area (Å²) in [7, 11) is 0. The standard InChI is InChI=1S/C11H8Cl4N2O3/c12-5-1-4(10(18)6(13)3-5)2-7-9(17(19)20)8(14)11(15)16-7/h1,3,16-19H,2H2. The van der Waals surface area contributed by atoms with Crippen LogP contribution in [0.5, 0.6) is 5.75 Å². The SMILES string of the molecule is [O-][NH+](O)c1c(Cc2cc(Cl)cc(Cl)c2O)[nH]c(Cl)c1Cl. The van der Waals surface area contributed by atoms with E-state index < -0.39 is 5.23 Å². The monoisotopic (exact) mass is 356 g/mol. The van der Waals surface area contributed by atoms with Gasteiger partial charge in [-0.15, -0.1) is 0 Å². The van der Waals surface area contributed by atoms with Crippen LogP contribution in [-0.2, 0) is 6.42 Å². The van der Waals surface area contributed by atoms with Crippen LogP contribution in [0.4, 0.5) is 5.69 Å². The predicted molar refractivity (Wildman–Crippen MR) is 77.5 cm³/mol. The van der Waals surface area contributed by atoms with Crippen molar-refractivity contribution in [2.75, 3.05) is 0 Å². The van der Waals surface area contributed by atoms with Crippen LogP contribution in [-0.4, -0.2) is 15.3 Å². The second kappa shape index (κ2) is 5.99. The Morgan fingerprint density at radius 2 is 1.85 bits per heavy atom. The van der Waals surface area contributed by atoms with Gasteiger partial charge in [0, 0.05) is 17.0 Å². The Kier molecular flexibility index (Phi) is 4.71. The Morgan fingerprint density at radius 1 is 1.20 bits per heavy atom. The third kappa shape index (κ3) is 2.99. The summed E-state index contributed by atoms with van der Waals surface area (Å²) in [5.74, 6) is -0.172. The molecule has 0 radical (unpaired) electrons. The number of hydrogen-bond donors (Lipinski definition) is 4. The summed E-state index contributed by atoms with van der Waals surface area (Å²) in [6.07, 6.45) is 0.0419. The van der Waals surface area contributed by atoms with Crippen LogP contribution in [0.3, 0.4) is 0 Å². The third-order valence-electron chi connectivity index (χ3n) is 2.66. The number of nitrogens with one attached hydrogen (secondary N) is 2. The number of benzene rings is 1. The maximum absolute atomic E-state index is 11.2. The molecule has 0 saturated heterocycles. The summed E-state index contributed by atoms with van der Waals surface area (Å²) in [5.41, 5.74) is 0.466. The van der Waals surface area contributed by atoms with Crippen molar-refractivity contribution in [1.82, 2.24) is 4.98 Å². The van der Waals surface area contributed by atoms with Crippen molar-refractivity contribution in [2.24, 2.45) is 0 Å². The van der Waals surface area contributed by atoms with Crippen LogP contribution in [0.1, 0.15) is 11.3 Å². The molecule has 9 heteroatoms. The molecule has 1 atom stereocenters. The molecule has 0 bridgehead atoms. The van der Waals surface area contributed by atoms with E-state index in [4.69, 9.17) is 51.6 Å². The smallest absolute Gasteiger partial charge is 0.205 e. The van der Waals surface area contributed by atoms with Crippen molar-refractivity contribution in [1.29, 1.82) is 0 Å². The molecule has 0 spiro atoms. The quantitative estimate of drug-likeness (QED) is 0.636. The molecule has 1 aromatic carbocycles. The van der Waals surface area contributed by atoms with E-state index in [1.165, 1.54) is 12.1 Å². The summed E-state index contributed by atoms with van der Waals surface area (Å²) in [6, 6.07) is 2.87. The molecule has 0 aliphatic rings. The highest BCUT2D eigenvalue weighted by molar-refractivity contribution is 6.43. The number of H-pyrrole nitrogens is 1. The molecule has 2 rings (SSSR count). The first-order valence-electron chi connectivity index (χ1n) is 5.27. The maximum Gasteiger partial charge on any atom is 0.205 e. The summed E-state index contributed by atoms with van der Waals surface area (Å²) in [4.78, 5) is 2.66. The van der Waals surface area contributed by atoms with Crippen molar-refractivity contribution >= 4 is 52.1 Å². The van der Waals surface area contributed by atoms with E-state index in [1.54, 1.807) is 0 Å². The Labute approximate surface area is 133 Å². The van der Waals surface area contributed by atoms with Crippen LogP contribution in [0.15, 0.2) is 12.1 Å². The summed E-state index contributed by atoms with van der Waals surface area (Å²) in [6.45, 7) is 0. The maximum atomic E-state index is 11.2. The molecule has 0 saturated carbocycles. The average Bonchev–Trinajstić information content (AvgIpc) is 2.61. The van der Waals surface area contributed by atoms with Gasteiger partial charge in [-0.1, -0.05) is 46.4 Å². The van der Waals surface area contributed by atoms with Crippen molar-refractivity contribution in [3.05, 3.63) is 48.8 Å². The molecule has 5 nitrogen and oxygen atoms in total. The third-order valence-corrected chi connectivity index (χ3v) is 3.93. The molecule has 0 fully saturated rings. The molecule has 1 unspecified atom stereocenters. The number of phenols is 1. The molecule has 0 aliphatic carbocycles. The lowest BCUT2D eigenvalue weighted by molar-refractivity contribution is -0.991. The number of aromatic nitrogens is 1. The molecule has 0 aliphatic heterocycles. The number of aromatic amines is 1. The molecule has 1 heterocycles. The second-order valence-corrected chi connectivity index (χ2v) is 5.58. The van der Waals surface area contributed by atoms with Gasteiger partial charge in [0.2, 0.25) is 5.69 Å². The number of quaternary nitrogens is 1. The zero-order valence-electron chi connectivity index (χ0n) is 9.68. The van der Waals surface area contributed by atoms with E-state index in [2.05, 4.69) is 4.98 Å². The van der Waals surface area contributed by atoms with Crippen molar-refractivity contribution in [3.63, 3.8) is 0 Å². The number of rotatable bonds is 3. The van der Waals surface area contributed by atoms with E-state index in [9.17, 15) is 10.3 Å². The minimum Gasteiger partial charge on any atom is -0.595 e. The molecule has 2 aromatic rings. The Bertz CT molecular complexity index is 658. The first kappa shape index (κ1) is 15.7. The lowest BCUT2D eigenvalue weighted by Crippen LogP contribution is -2.99. The zero-order chi connectivity index (χ0) is 15.0. The van der Waals surface area contributed by atoms with E-state index in [1.807, 2.05) is 0 Å². The molecule has 0 amide bonds. The first-order valence-corrected chi connectivity index (χ1v) is 6.78. The van der Waals surface area contributed by atoms with Crippen LogP contribution >= 0.6 is 46.4 Å². The number of phenolic OH excluding ortho intramolecular Hbond substituents is 1. The highest BCUT2D eigenvalue weighted by Crippen LogP contribution is 2.36. The fourth-order valence-electron chi connectivity index (χ4n) is 1.79.